The van der Waals surface area contributed by atoms with Crippen LogP contribution in [-0.4, -0.2) is 28.4 Å². The molecule has 3 aliphatic rings. The van der Waals surface area contributed by atoms with Gasteiger partial charge in [-0.2, -0.15) is 0 Å². The van der Waals surface area contributed by atoms with Crippen LogP contribution in [0.2, 0.25) is 0 Å². The molecule has 0 spiro atoms. The summed E-state index contributed by atoms with van der Waals surface area (Å²) in [6, 6.07) is 5.87. The molecule has 0 aromatic heterocycles. The summed E-state index contributed by atoms with van der Waals surface area (Å²) in [7, 11) is 0. The molecule has 1 aromatic carbocycles. The Labute approximate surface area is 244 Å². The van der Waals surface area contributed by atoms with Crippen molar-refractivity contribution in [2.45, 2.75) is 167 Å². The molecular formula is C36H58O4. The smallest absolute Gasteiger partial charge is 0.306 e. The average Bonchev–Trinajstić information content (AvgIpc) is 3.20. The summed E-state index contributed by atoms with van der Waals surface area (Å²) in [6.45, 7) is 4.54. The highest BCUT2D eigenvalue weighted by Crippen LogP contribution is 2.61. The van der Waals surface area contributed by atoms with E-state index in [0.29, 0.717) is 29.9 Å². The first-order valence-corrected chi connectivity index (χ1v) is 17.1. The van der Waals surface area contributed by atoms with E-state index in [4.69, 9.17) is 4.74 Å². The molecule has 3 aliphatic carbocycles. The summed E-state index contributed by atoms with van der Waals surface area (Å²) in [5, 5.41) is 21.0. The zero-order valence-corrected chi connectivity index (χ0v) is 25.7. The number of rotatable bonds is 17. The van der Waals surface area contributed by atoms with Crippen LogP contribution in [-0.2, 0) is 16.0 Å². The van der Waals surface area contributed by atoms with Gasteiger partial charge in [-0.15, -0.1) is 0 Å². The Kier molecular flexibility index (Phi) is 12.3. The fourth-order valence-electron chi connectivity index (χ4n) is 8.59. The standard InChI is InChI=1S/C36H58O4/c1-3-4-5-6-7-8-9-10-11-12-13-14-15-16-17-18-34(39)40-35-33(38)26-32-31-21-19-27-25-28(37)20-22-29(27)30(31)23-24-36(32,35)2/h20,22,25,30-33,35,37-38H,3-19,21,23-24,26H2,1-2H3/t30-,31-,32+,33-,35+,36+/m1/s1. The number of aryl methyl sites for hydroxylation is 1. The van der Waals surface area contributed by atoms with Gasteiger partial charge in [-0.25, -0.2) is 0 Å². The summed E-state index contributed by atoms with van der Waals surface area (Å²) in [5.74, 6) is 1.63. The van der Waals surface area contributed by atoms with E-state index in [9.17, 15) is 15.0 Å². The predicted molar refractivity (Wildman–Crippen MR) is 164 cm³/mol. The second kappa shape index (κ2) is 15.6. The topological polar surface area (TPSA) is 66.8 Å². The number of phenols is 1. The minimum atomic E-state index is -0.556. The fourth-order valence-corrected chi connectivity index (χ4v) is 8.59. The van der Waals surface area contributed by atoms with Gasteiger partial charge in [-0.1, -0.05) is 110 Å². The first-order valence-electron chi connectivity index (χ1n) is 17.1. The number of aliphatic hydroxyl groups is 1. The minimum Gasteiger partial charge on any atom is -0.508 e. The maximum atomic E-state index is 12.8. The van der Waals surface area contributed by atoms with Crippen LogP contribution in [0.25, 0.3) is 0 Å². The first-order chi connectivity index (χ1) is 19.4. The molecule has 2 saturated carbocycles. The lowest BCUT2D eigenvalue weighted by molar-refractivity contribution is -0.164. The molecule has 1 aromatic rings. The Morgan fingerprint density at radius 3 is 2.12 bits per heavy atom. The number of carbonyl (C=O) groups excluding carboxylic acids is 1. The number of hydrogen-bond donors (Lipinski definition) is 2. The molecule has 40 heavy (non-hydrogen) atoms. The molecule has 6 atom stereocenters. The Hall–Kier alpha value is -1.55. The van der Waals surface area contributed by atoms with Gasteiger partial charge in [-0.3, -0.25) is 4.79 Å². The van der Waals surface area contributed by atoms with Crippen molar-refractivity contribution in [1.82, 2.24) is 0 Å². The number of ether oxygens (including phenoxy) is 1. The highest BCUT2D eigenvalue weighted by Gasteiger charge is 2.59. The van der Waals surface area contributed by atoms with E-state index >= 15 is 0 Å². The summed E-state index contributed by atoms with van der Waals surface area (Å²) in [6.07, 6.45) is 24.1. The quantitative estimate of drug-likeness (QED) is 0.149. The van der Waals surface area contributed by atoms with E-state index < -0.39 is 6.10 Å². The van der Waals surface area contributed by atoms with Gasteiger partial charge >= 0.3 is 5.97 Å². The number of fused-ring (bicyclic) bond motifs is 5. The molecule has 0 heterocycles. The minimum absolute atomic E-state index is 0.118. The van der Waals surface area contributed by atoms with E-state index in [1.807, 2.05) is 12.1 Å². The number of aromatic hydroxyl groups is 1. The molecule has 4 nitrogen and oxygen atoms in total. The summed E-state index contributed by atoms with van der Waals surface area (Å²) in [4.78, 5) is 12.8. The number of phenolic OH excluding ortho intramolecular Hbond substituents is 1. The van der Waals surface area contributed by atoms with Crippen molar-refractivity contribution in [2.75, 3.05) is 0 Å². The number of unbranched alkanes of at least 4 members (excludes halogenated alkanes) is 14. The monoisotopic (exact) mass is 554 g/mol. The third-order valence-corrected chi connectivity index (χ3v) is 10.9. The number of benzene rings is 1. The molecule has 2 N–H and O–H groups in total. The van der Waals surface area contributed by atoms with E-state index in [0.717, 1.165) is 44.9 Å². The Morgan fingerprint density at radius 1 is 0.900 bits per heavy atom. The summed E-state index contributed by atoms with van der Waals surface area (Å²) in [5.41, 5.74) is 2.54. The van der Waals surface area contributed by atoms with Crippen LogP contribution in [0, 0.1) is 17.3 Å². The second-order valence-electron chi connectivity index (χ2n) is 13.8. The maximum Gasteiger partial charge on any atom is 0.306 e. The molecule has 0 saturated heterocycles. The van der Waals surface area contributed by atoms with Gasteiger partial charge in [-0.05, 0) is 79.5 Å². The van der Waals surface area contributed by atoms with Crippen molar-refractivity contribution in [3.63, 3.8) is 0 Å². The molecule has 0 unspecified atom stereocenters. The molecule has 0 amide bonds. The SMILES string of the molecule is CCCCCCCCCCCCCCCCCC(=O)O[C@H]1[C@H](O)C[C@H]2[C@@H]3CCc4cc(O)ccc4[C@H]3CC[C@@]21C. The normalized spacial score (nSPS) is 29.0. The van der Waals surface area contributed by atoms with Crippen molar-refractivity contribution in [1.29, 1.82) is 0 Å². The van der Waals surface area contributed by atoms with Gasteiger partial charge in [0, 0.05) is 11.8 Å². The van der Waals surface area contributed by atoms with E-state index in [-0.39, 0.29) is 17.5 Å². The van der Waals surface area contributed by atoms with E-state index in [2.05, 4.69) is 19.9 Å². The lowest BCUT2D eigenvalue weighted by Gasteiger charge is -2.50. The molecule has 0 radical (unpaired) electrons. The van der Waals surface area contributed by atoms with Crippen LogP contribution < -0.4 is 0 Å². The molecule has 226 valence electrons. The fraction of sp³-hybridized carbons (Fsp3) is 0.806. The van der Waals surface area contributed by atoms with E-state index in [1.165, 1.54) is 94.6 Å². The van der Waals surface area contributed by atoms with Crippen molar-refractivity contribution in [3.8, 4) is 5.75 Å². The van der Waals surface area contributed by atoms with Crippen LogP contribution in [0.4, 0.5) is 0 Å². The second-order valence-corrected chi connectivity index (χ2v) is 13.8. The molecule has 0 bridgehead atoms. The lowest BCUT2D eigenvalue weighted by atomic mass is 9.55. The Morgan fingerprint density at radius 2 is 1.50 bits per heavy atom. The average molecular weight is 555 g/mol. The van der Waals surface area contributed by atoms with Crippen molar-refractivity contribution in [2.24, 2.45) is 17.3 Å². The maximum absolute atomic E-state index is 12.8. The van der Waals surface area contributed by atoms with Crippen LogP contribution >= 0.6 is 0 Å². The third kappa shape index (κ3) is 8.05. The van der Waals surface area contributed by atoms with Gasteiger partial charge in [0.15, 0.2) is 0 Å². The van der Waals surface area contributed by atoms with Crippen molar-refractivity contribution < 1.29 is 19.7 Å². The molecular weight excluding hydrogens is 496 g/mol. The zero-order valence-electron chi connectivity index (χ0n) is 25.7. The van der Waals surface area contributed by atoms with Gasteiger partial charge in [0.1, 0.15) is 11.9 Å². The molecule has 0 aliphatic heterocycles. The molecule has 4 rings (SSSR count). The van der Waals surface area contributed by atoms with Gasteiger partial charge < -0.3 is 14.9 Å². The Balaban J connectivity index is 1.09. The zero-order chi connectivity index (χ0) is 28.4. The van der Waals surface area contributed by atoms with Crippen molar-refractivity contribution in [3.05, 3.63) is 29.3 Å². The van der Waals surface area contributed by atoms with Crippen LogP contribution in [0.3, 0.4) is 0 Å². The van der Waals surface area contributed by atoms with Gasteiger partial charge in [0.25, 0.3) is 0 Å². The lowest BCUT2D eigenvalue weighted by Crippen LogP contribution is -2.46. The number of carbonyl (C=O) groups is 1. The summed E-state index contributed by atoms with van der Waals surface area (Å²) >= 11 is 0. The third-order valence-electron chi connectivity index (χ3n) is 10.9. The number of esters is 1. The predicted octanol–water partition coefficient (Wildman–Crippen LogP) is 9.39. The number of hydrogen-bond acceptors (Lipinski definition) is 4. The highest BCUT2D eigenvalue weighted by molar-refractivity contribution is 5.69. The molecule has 4 heteroatoms. The van der Waals surface area contributed by atoms with Crippen molar-refractivity contribution >= 4 is 5.97 Å². The van der Waals surface area contributed by atoms with Gasteiger partial charge in [0.05, 0.1) is 6.10 Å². The molecule has 2 fully saturated rings. The van der Waals surface area contributed by atoms with E-state index in [1.54, 1.807) is 0 Å². The largest absolute Gasteiger partial charge is 0.508 e. The Bertz CT molecular complexity index is 912. The highest BCUT2D eigenvalue weighted by atomic mass is 16.6. The first kappa shape index (κ1) is 31.4. The van der Waals surface area contributed by atoms with Crippen LogP contribution in [0.15, 0.2) is 18.2 Å². The van der Waals surface area contributed by atoms with Crippen LogP contribution in [0.1, 0.15) is 159 Å². The van der Waals surface area contributed by atoms with Gasteiger partial charge in [0.2, 0.25) is 0 Å². The van der Waals surface area contributed by atoms with Crippen LogP contribution in [0.5, 0.6) is 5.75 Å². The number of aliphatic hydroxyl groups excluding tert-OH is 1. The summed E-state index contributed by atoms with van der Waals surface area (Å²) < 4.78 is 6.06.